The Morgan fingerprint density at radius 2 is 2.23 bits per heavy atom. The number of nitrogen functional groups attached to an aromatic ring is 1. The maximum atomic E-state index is 5.69. The van der Waals surface area contributed by atoms with E-state index >= 15 is 0 Å². The Bertz CT molecular complexity index is 457. The number of allylic oxidation sites excluding steroid dienone is 1. The molecule has 0 radical (unpaired) electrons. The smallest absolute Gasteiger partial charge is 0.183 e. The van der Waals surface area contributed by atoms with E-state index < -0.39 is 0 Å². The summed E-state index contributed by atoms with van der Waals surface area (Å²) in [6.45, 7) is 1.92. The monoisotopic (exact) mass is 175 g/mol. The van der Waals surface area contributed by atoms with Crippen LogP contribution in [-0.2, 0) is 0 Å². The van der Waals surface area contributed by atoms with Crippen LogP contribution in [0.5, 0.6) is 0 Å². The molecule has 0 amide bonds. The second-order valence-corrected chi connectivity index (χ2v) is 2.57. The highest BCUT2D eigenvalue weighted by atomic mass is 15.1. The number of imidazole rings is 1. The third-order valence-electron chi connectivity index (χ3n) is 1.70. The van der Waals surface area contributed by atoms with Gasteiger partial charge in [-0.1, -0.05) is 6.08 Å². The summed E-state index contributed by atoms with van der Waals surface area (Å²) in [6, 6.07) is 0. The van der Waals surface area contributed by atoms with E-state index in [4.69, 9.17) is 5.73 Å². The quantitative estimate of drug-likeness (QED) is 0.699. The first kappa shape index (κ1) is 7.72. The van der Waals surface area contributed by atoms with Gasteiger partial charge in [0.05, 0.1) is 0 Å². The third-order valence-corrected chi connectivity index (χ3v) is 1.70. The molecule has 2 rings (SSSR count). The highest BCUT2D eigenvalue weighted by Gasteiger charge is 2.04. The molecule has 0 aliphatic rings. The summed E-state index contributed by atoms with van der Waals surface area (Å²) >= 11 is 0. The topological polar surface area (TPSA) is 69.6 Å². The number of hydrogen-bond acceptors (Lipinski definition) is 4. The fourth-order valence-electron chi connectivity index (χ4n) is 1.17. The third kappa shape index (κ3) is 1.14. The average molecular weight is 175 g/mol. The summed E-state index contributed by atoms with van der Waals surface area (Å²) in [7, 11) is 0. The normalized spacial score (nSPS) is 11.5. The molecule has 0 aromatic carbocycles. The Kier molecular flexibility index (Phi) is 1.70. The second kappa shape index (κ2) is 2.85. The fourth-order valence-corrected chi connectivity index (χ4v) is 1.17. The molecule has 0 fully saturated rings. The Balaban J connectivity index is 2.78. The lowest BCUT2D eigenvalue weighted by molar-refractivity contribution is 1.16. The number of nitrogens with two attached hydrogens (primary N) is 1. The van der Waals surface area contributed by atoms with Crippen molar-refractivity contribution in [2.75, 3.05) is 5.73 Å². The molecule has 0 saturated carbocycles. The van der Waals surface area contributed by atoms with Crippen LogP contribution in [0, 0.1) is 0 Å². The second-order valence-electron chi connectivity index (χ2n) is 2.57. The molecular weight excluding hydrogens is 166 g/mol. The molecule has 0 atom stereocenters. The van der Waals surface area contributed by atoms with Crippen molar-refractivity contribution in [2.45, 2.75) is 6.92 Å². The van der Waals surface area contributed by atoms with Crippen molar-refractivity contribution < 1.29 is 0 Å². The van der Waals surface area contributed by atoms with Crippen LogP contribution >= 0.6 is 0 Å². The molecule has 0 saturated heterocycles. The van der Waals surface area contributed by atoms with Crippen molar-refractivity contribution in [1.82, 2.24) is 19.5 Å². The average Bonchev–Trinajstić information content (AvgIpc) is 2.51. The predicted molar refractivity (Wildman–Crippen MR) is 50.7 cm³/mol. The molecule has 0 unspecified atom stereocenters. The SMILES string of the molecule is CC=Cn1cnc2ncnc(N)c21. The summed E-state index contributed by atoms with van der Waals surface area (Å²) < 4.78 is 1.80. The number of fused-ring (bicyclic) bond motifs is 1. The van der Waals surface area contributed by atoms with Crippen LogP contribution in [0.1, 0.15) is 6.92 Å². The van der Waals surface area contributed by atoms with E-state index in [1.54, 1.807) is 10.9 Å². The maximum Gasteiger partial charge on any atom is 0.183 e. The van der Waals surface area contributed by atoms with Gasteiger partial charge in [0.15, 0.2) is 11.5 Å². The summed E-state index contributed by atoms with van der Waals surface area (Å²) in [5, 5.41) is 0. The predicted octanol–water partition coefficient (Wildman–Crippen LogP) is 0.899. The van der Waals surface area contributed by atoms with Crippen molar-refractivity contribution >= 4 is 23.2 Å². The van der Waals surface area contributed by atoms with E-state index in [0.29, 0.717) is 11.5 Å². The fraction of sp³-hybridized carbons (Fsp3) is 0.125. The van der Waals surface area contributed by atoms with Crippen molar-refractivity contribution in [3.63, 3.8) is 0 Å². The molecule has 66 valence electrons. The Hall–Kier alpha value is -1.91. The molecule has 0 bridgehead atoms. The lowest BCUT2D eigenvalue weighted by atomic mass is 10.5. The molecule has 2 N–H and O–H groups in total. The summed E-state index contributed by atoms with van der Waals surface area (Å²) in [5.74, 6) is 0.445. The molecule has 5 heteroatoms. The number of nitrogens with zero attached hydrogens (tertiary/aromatic N) is 4. The standard InChI is InChI=1S/C8H9N5/c1-2-3-13-5-12-8-6(13)7(9)10-4-11-8/h2-5H,1H3,(H2,9,10,11). The van der Waals surface area contributed by atoms with Crippen molar-refractivity contribution in [3.05, 3.63) is 18.7 Å². The van der Waals surface area contributed by atoms with Gasteiger partial charge in [-0.25, -0.2) is 15.0 Å². The van der Waals surface area contributed by atoms with Gasteiger partial charge in [0.25, 0.3) is 0 Å². The van der Waals surface area contributed by atoms with Gasteiger partial charge < -0.3 is 10.3 Å². The van der Waals surface area contributed by atoms with Crippen LogP contribution in [0.25, 0.3) is 17.4 Å². The van der Waals surface area contributed by atoms with Gasteiger partial charge in [-0.2, -0.15) is 0 Å². The molecule has 0 aliphatic heterocycles. The lowest BCUT2D eigenvalue weighted by Gasteiger charge is -1.96. The van der Waals surface area contributed by atoms with Gasteiger partial charge in [-0.15, -0.1) is 0 Å². The van der Waals surface area contributed by atoms with E-state index in [1.807, 2.05) is 19.2 Å². The summed E-state index contributed by atoms with van der Waals surface area (Å²) in [4.78, 5) is 12.0. The molecule has 5 nitrogen and oxygen atoms in total. The van der Waals surface area contributed by atoms with Crippen LogP contribution < -0.4 is 5.73 Å². The first-order valence-corrected chi connectivity index (χ1v) is 3.88. The van der Waals surface area contributed by atoms with Gasteiger partial charge >= 0.3 is 0 Å². The van der Waals surface area contributed by atoms with Crippen molar-refractivity contribution in [2.24, 2.45) is 0 Å². The Morgan fingerprint density at radius 3 is 3.00 bits per heavy atom. The van der Waals surface area contributed by atoms with Crippen LogP contribution in [0.2, 0.25) is 0 Å². The van der Waals surface area contributed by atoms with Gasteiger partial charge in [0, 0.05) is 6.20 Å². The minimum Gasteiger partial charge on any atom is -0.382 e. The van der Waals surface area contributed by atoms with Gasteiger partial charge in [-0.3, -0.25) is 0 Å². The van der Waals surface area contributed by atoms with E-state index in [1.165, 1.54) is 6.33 Å². The largest absolute Gasteiger partial charge is 0.382 e. The number of rotatable bonds is 1. The molecule has 0 spiro atoms. The zero-order chi connectivity index (χ0) is 9.26. The van der Waals surface area contributed by atoms with Gasteiger partial charge in [0.2, 0.25) is 0 Å². The number of aromatic nitrogens is 4. The molecule has 2 heterocycles. The van der Waals surface area contributed by atoms with E-state index in [9.17, 15) is 0 Å². The zero-order valence-electron chi connectivity index (χ0n) is 7.18. The number of anilines is 1. The van der Waals surface area contributed by atoms with Crippen LogP contribution in [0.4, 0.5) is 5.82 Å². The van der Waals surface area contributed by atoms with Crippen LogP contribution in [0.15, 0.2) is 18.7 Å². The van der Waals surface area contributed by atoms with Gasteiger partial charge in [-0.05, 0) is 6.92 Å². The van der Waals surface area contributed by atoms with E-state index in [2.05, 4.69) is 15.0 Å². The Morgan fingerprint density at radius 1 is 1.38 bits per heavy atom. The van der Waals surface area contributed by atoms with Crippen LogP contribution in [0.3, 0.4) is 0 Å². The van der Waals surface area contributed by atoms with Gasteiger partial charge in [0.1, 0.15) is 18.2 Å². The van der Waals surface area contributed by atoms with E-state index in [0.717, 1.165) is 5.52 Å². The van der Waals surface area contributed by atoms with E-state index in [-0.39, 0.29) is 0 Å². The molecule has 13 heavy (non-hydrogen) atoms. The zero-order valence-corrected chi connectivity index (χ0v) is 7.18. The summed E-state index contributed by atoms with van der Waals surface area (Å²) in [6.07, 6.45) is 6.82. The highest BCUT2D eigenvalue weighted by Crippen LogP contribution is 2.14. The van der Waals surface area contributed by atoms with Crippen LogP contribution in [-0.4, -0.2) is 19.5 Å². The van der Waals surface area contributed by atoms with Crippen molar-refractivity contribution in [1.29, 1.82) is 0 Å². The van der Waals surface area contributed by atoms with Crippen molar-refractivity contribution in [3.8, 4) is 0 Å². The Labute approximate surface area is 74.9 Å². The summed E-state index contributed by atoms with van der Waals surface area (Å²) in [5.41, 5.74) is 7.05. The molecule has 2 aromatic rings. The molecule has 2 aromatic heterocycles. The maximum absolute atomic E-state index is 5.69. The lowest BCUT2D eigenvalue weighted by Crippen LogP contribution is -1.95. The molecule has 0 aliphatic carbocycles. The first-order chi connectivity index (χ1) is 6.33. The minimum absolute atomic E-state index is 0.445. The molecular formula is C8H9N5. The minimum atomic E-state index is 0.445. The highest BCUT2D eigenvalue weighted by molar-refractivity contribution is 5.83. The number of hydrogen-bond donors (Lipinski definition) is 1. The first-order valence-electron chi connectivity index (χ1n) is 3.88.